The maximum atomic E-state index is 11.8. The fourth-order valence-electron chi connectivity index (χ4n) is 2.66. The van der Waals surface area contributed by atoms with Crippen LogP contribution in [0.1, 0.15) is 44.1 Å². The quantitative estimate of drug-likeness (QED) is 0.874. The summed E-state index contributed by atoms with van der Waals surface area (Å²) < 4.78 is 1.76. The van der Waals surface area contributed by atoms with Gasteiger partial charge in [-0.25, -0.2) is 0 Å². The summed E-state index contributed by atoms with van der Waals surface area (Å²) in [6.07, 6.45) is 9.66. The Balaban J connectivity index is 1.98. The van der Waals surface area contributed by atoms with E-state index in [-0.39, 0.29) is 5.56 Å². The molecule has 0 bridgehead atoms. The van der Waals surface area contributed by atoms with E-state index in [0.29, 0.717) is 5.69 Å². The minimum Gasteiger partial charge on any atom is -0.397 e. The molecular weight excluding hydrogens is 212 g/mol. The Morgan fingerprint density at radius 1 is 1.35 bits per heavy atom. The number of nitrogen functional groups attached to an aromatic ring is 1. The molecule has 0 saturated heterocycles. The molecule has 1 aromatic heterocycles. The first-order chi connectivity index (χ1) is 8.16. The van der Waals surface area contributed by atoms with Crippen LogP contribution in [0.25, 0.3) is 0 Å². The highest BCUT2D eigenvalue weighted by atomic mass is 16.1. The van der Waals surface area contributed by atoms with Gasteiger partial charge < -0.3 is 10.3 Å². The largest absolute Gasteiger partial charge is 0.397 e. The molecule has 2 rings (SSSR count). The number of pyridine rings is 1. The highest BCUT2D eigenvalue weighted by Gasteiger charge is 2.13. The average molecular weight is 234 g/mol. The molecular formula is C14H22N2O. The summed E-state index contributed by atoms with van der Waals surface area (Å²) in [5.41, 5.74) is 7.51. The lowest BCUT2D eigenvalue weighted by Gasteiger charge is -2.21. The Labute approximate surface area is 103 Å². The molecule has 0 aliphatic heterocycles. The van der Waals surface area contributed by atoms with Gasteiger partial charge in [-0.05, 0) is 24.8 Å². The van der Waals surface area contributed by atoms with Crippen LogP contribution in [0.15, 0.2) is 17.1 Å². The standard InChI is InChI=1S/C14H22N2O/c1-11-9-14(17)16(10-13(11)15)8-7-12-5-3-2-4-6-12/h9-10,12H,2-8,15H2,1H3. The van der Waals surface area contributed by atoms with Crippen LogP contribution in [0, 0.1) is 12.8 Å². The smallest absolute Gasteiger partial charge is 0.250 e. The van der Waals surface area contributed by atoms with Crippen LogP contribution in [0.3, 0.4) is 0 Å². The highest BCUT2D eigenvalue weighted by molar-refractivity contribution is 5.42. The molecule has 1 aromatic rings. The van der Waals surface area contributed by atoms with Gasteiger partial charge >= 0.3 is 0 Å². The minimum absolute atomic E-state index is 0.0764. The molecule has 94 valence electrons. The normalized spacial score (nSPS) is 17.2. The predicted octanol–water partition coefficient (Wildman–Crippen LogP) is 2.71. The van der Waals surface area contributed by atoms with E-state index >= 15 is 0 Å². The third-order valence-corrected chi connectivity index (χ3v) is 3.88. The molecule has 3 heteroatoms. The minimum atomic E-state index is 0.0764. The number of hydrogen-bond acceptors (Lipinski definition) is 2. The van der Waals surface area contributed by atoms with Gasteiger partial charge in [-0.2, -0.15) is 0 Å². The second-order valence-corrected chi connectivity index (χ2v) is 5.24. The Morgan fingerprint density at radius 2 is 2.06 bits per heavy atom. The van der Waals surface area contributed by atoms with E-state index < -0.39 is 0 Å². The summed E-state index contributed by atoms with van der Waals surface area (Å²) in [7, 11) is 0. The Bertz CT molecular complexity index is 430. The zero-order valence-electron chi connectivity index (χ0n) is 10.6. The first-order valence-corrected chi connectivity index (χ1v) is 6.63. The zero-order chi connectivity index (χ0) is 12.3. The molecule has 1 saturated carbocycles. The van der Waals surface area contributed by atoms with Gasteiger partial charge in [0.25, 0.3) is 5.56 Å². The molecule has 0 spiro atoms. The van der Waals surface area contributed by atoms with Crippen LogP contribution < -0.4 is 11.3 Å². The van der Waals surface area contributed by atoms with Crippen molar-refractivity contribution in [1.29, 1.82) is 0 Å². The van der Waals surface area contributed by atoms with E-state index in [1.165, 1.54) is 32.1 Å². The van der Waals surface area contributed by atoms with Gasteiger partial charge in [0.05, 0.1) is 5.69 Å². The van der Waals surface area contributed by atoms with Crippen LogP contribution in [0.2, 0.25) is 0 Å². The van der Waals surface area contributed by atoms with Crippen LogP contribution in [0.4, 0.5) is 5.69 Å². The summed E-state index contributed by atoms with van der Waals surface area (Å²) in [5, 5.41) is 0. The van der Waals surface area contributed by atoms with Crippen molar-refractivity contribution in [2.45, 2.75) is 52.0 Å². The molecule has 1 aliphatic rings. The van der Waals surface area contributed by atoms with Gasteiger partial charge in [-0.1, -0.05) is 32.1 Å². The van der Waals surface area contributed by atoms with E-state index in [1.54, 1.807) is 16.8 Å². The summed E-state index contributed by atoms with van der Waals surface area (Å²) in [6.45, 7) is 2.69. The summed E-state index contributed by atoms with van der Waals surface area (Å²) in [4.78, 5) is 11.8. The second-order valence-electron chi connectivity index (χ2n) is 5.24. The average Bonchev–Trinajstić information content (AvgIpc) is 2.33. The van der Waals surface area contributed by atoms with E-state index in [1.807, 2.05) is 6.92 Å². The van der Waals surface area contributed by atoms with Crippen LogP contribution in [0.5, 0.6) is 0 Å². The van der Waals surface area contributed by atoms with Gasteiger partial charge in [0.15, 0.2) is 0 Å². The van der Waals surface area contributed by atoms with E-state index in [9.17, 15) is 4.79 Å². The highest BCUT2D eigenvalue weighted by Crippen LogP contribution is 2.26. The Kier molecular flexibility index (Phi) is 3.87. The van der Waals surface area contributed by atoms with E-state index in [2.05, 4.69) is 0 Å². The second kappa shape index (κ2) is 5.39. The van der Waals surface area contributed by atoms with Gasteiger partial charge in [-0.3, -0.25) is 4.79 Å². The summed E-state index contributed by atoms with van der Waals surface area (Å²) >= 11 is 0. The van der Waals surface area contributed by atoms with Gasteiger partial charge in [0.1, 0.15) is 0 Å². The lowest BCUT2D eigenvalue weighted by molar-refractivity contribution is 0.322. The van der Waals surface area contributed by atoms with Crippen molar-refractivity contribution < 1.29 is 0 Å². The molecule has 0 amide bonds. The number of hydrogen-bond donors (Lipinski definition) is 1. The fraction of sp³-hybridized carbons (Fsp3) is 0.643. The Morgan fingerprint density at radius 3 is 2.76 bits per heavy atom. The lowest BCUT2D eigenvalue weighted by Crippen LogP contribution is -2.22. The molecule has 3 nitrogen and oxygen atoms in total. The number of rotatable bonds is 3. The van der Waals surface area contributed by atoms with Crippen molar-refractivity contribution in [2.24, 2.45) is 5.92 Å². The zero-order valence-corrected chi connectivity index (χ0v) is 10.6. The number of aromatic nitrogens is 1. The van der Waals surface area contributed by atoms with Crippen LogP contribution in [-0.4, -0.2) is 4.57 Å². The van der Waals surface area contributed by atoms with Gasteiger partial charge in [0, 0.05) is 18.8 Å². The van der Waals surface area contributed by atoms with Crippen molar-refractivity contribution in [2.75, 3.05) is 5.73 Å². The Hall–Kier alpha value is -1.25. The SMILES string of the molecule is Cc1cc(=O)n(CCC2CCCCC2)cc1N. The number of nitrogens with two attached hydrogens (primary N) is 1. The predicted molar refractivity (Wildman–Crippen MR) is 71.0 cm³/mol. The lowest BCUT2D eigenvalue weighted by atomic mass is 9.87. The molecule has 0 unspecified atom stereocenters. The molecule has 0 radical (unpaired) electrons. The molecule has 0 atom stereocenters. The monoisotopic (exact) mass is 234 g/mol. The third kappa shape index (κ3) is 3.11. The topological polar surface area (TPSA) is 48.0 Å². The van der Waals surface area contributed by atoms with E-state index in [0.717, 1.165) is 24.4 Å². The number of nitrogens with zero attached hydrogens (tertiary/aromatic N) is 1. The fourth-order valence-corrected chi connectivity index (χ4v) is 2.66. The van der Waals surface area contributed by atoms with Gasteiger partial charge in [-0.15, -0.1) is 0 Å². The third-order valence-electron chi connectivity index (χ3n) is 3.88. The van der Waals surface area contributed by atoms with Crippen molar-refractivity contribution in [3.63, 3.8) is 0 Å². The van der Waals surface area contributed by atoms with Gasteiger partial charge in [0.2, 0.25) is 0 Å². The van der Waals surface area contributed by atoms with E-state index in [4.69, 9.17) is 5.73 Å². The molecule has 0 aromatic carbocycles. The first kappa shape index (κ1) is 12.2. The van der Waals surface area contributed by atoms with Crippen LogP contribution in [-0.2, 0) is 6.54 Å². The van der Waals surface area contributed by atoms with Crippen molar-refractivity contribution in [1.82, 2.24) is 4.57 Å². The number of anilines is 1. The first-order valence-electron chi connectivity index (χ1n) is 6.63. The number of aryl methyl sites for hydroxylation is 2. The maximum Gasteiger partial charge on any atom is 0.250 e. The molecule has 2 N–H and O–H groups in total. The molecule has 1 aliphatic carbocycles. The van der Waals surface area contributed by atoms with Crippen molar-refractivity contribution in [3.8, 4) is 0 Å². The van der Waals surface area contributed by atoms with Crippen LogP contribution >= 0.6 is 0 Å². The van der Waals surface area contributed by atoms with Crippen molar-refractivity contribution in [3.05, 3.63) is 28.2 Å². The molecule has 1 heterocycles. The molecule has 17 heavy (non-hydrogen) atoms. The summed E-state index contributed by atoms with van der Waals surface area (Å²) in [5.74, 6) is 0.804. The van der Waals surface area contributed by atoms with Crippen molar-refractivity contribution >= 4 is 5.69 Å². The summed E-state index contributed by atoms with van der Waals surface area (Å²) in [6, 6.07) is 1.64. The maximum absolute atomic E-state index is 11.8. The molecule has 1 fully saturated rings.